The van der Waals surface area contributed by atoms with Gasteiger partial charge in [0, 0.05) is 5.70 Å². The van der Waals surface area contributed by atoms with Gasteiger partial charge >= 0.3 is 0 Å². The largest absolute Gasteiger partial charge is 0.401 e. The van der Waals surface area contributed by atoms with Crippen molar-refractivity contribution in [1.82, 2.24) is 0 Å². The lowest BCUT2D eigenvalue weighted by molar-refractivity contribution is -0.114. The molecule has 0 amide bonds. The van der Waals surface area contributed by atoms with Crippen molar-refractivity contribution in [2.24, 2.45) is 5.73 Å². The van der Waals surface area contributed by atoms with Crippen molar-refractivity contribution in [3.63, 3.8) is 0 Å². The fourth-order valence-corrected chi connectivity index (χ4v) is 0.531. The van der Waals surface area contributed by atoms with E-state index in [1.165, 1.54) is 6.92 Å². The first-order valence-corrected chi connectivity index (χ1v) is 2.90. The third kappa shape index (κ3) is 2.51. The second kappa shape index (κ2) is 4.08. The van der Waals surface area contributed by atoms with Gasteiger partial charge in [-0.05, 0) is 6.92 Å². The summed E-state index contributed by atoms with van der Waals surface area (Å²) >= 11 is 0. The number of carbonyl (C=O) groups excluding carboxylic acids is 1. The summed E-state index contributed by atoms with van der Waals surface area (Å²) in [5, 5.41) is 16.5. The Balaban J connectivity index is 4.62. The van der Waals surface area contributed by atoms with E-state index in [2.05, 4.69) is 0 Å². The lowest BCUT2D eigenvalue weighted by Crippen LogP contribution is -2.06. The normalized spacial score (nSPS) is 10.8. The SMILES string of the molecule is CC(N)=C(C#N)C(=O)CC#N. The molecule has 0 spiro atoms. The lowest BCUT2D eigenvalue weighted by atomic mass is 10.1. The fourth-order valence-electron chi connectivity index (χ4n) is 0.531. The highest BCUT2D eigenvalue weighted by Crippen LogP contribution is 2.00. The van der Waals surface area contributed by atoms with Crippen LogP contribution in [0.5, 0.6) is 0 Å². The van der Waals surface area contributed by atoms with Gasteiger partial charge in [-0.2, -0.15) is 10.5 Å². The van der Waals surface area contributed by atoms with Gasteiger partial charge in [0.05, 0.1) is 12.5 Å². The Labute approximate surface area is 64.5 Å². The van der Waals surface area contributed by atoms with Gasteiger partial charge in [-0.1, -0.05) is 0 Å². The molecule has 4 nitrogen and oxygen atoms in total. The zero-order chi connectivity index (χ0) is 8.85. The van der Waals surface area contributed by atoms with Gasteiger partial charge in [-0.15, -0.1) is 0 Å². The number of allylic oxidation sites excluding steroid dienone is 2. The molecule has 0 aliphatic rings. The number of rotatable bonds is 2. The van der Waals surface area contributed by atoms with E-state index in [1.54, 1.807) is 12.1 Å². The van der Waals surface area contributed by atoms with Gasteiger partial charge in [0.1, 0.15) is 11.6 Å². The summed E-state index contributed by atoms with van der Waals surface area (Å²) < 4.78 is 0. The van der Waals surface area contributed by atoms with Crippen LogP contribution in [0.1, 0.15) is 13.3 Å². The minimum absolute atomic E-state index is 0.119. The molecule has 0 heterocycles. The quantitative estimate of drug-likeness (QED) is 0.449. The summed E-state index contributed by atoms with van der Waals surface area (Å²) in [6.07, 6.45) is -0.294. The van der Waals surface area contributed by atoms with E-state index in [-0.39, 0.29) is 17.7 Å². The average molecular weight is 149 g/mol. The molecule has 0 aliphatic heterocycles. The highest BCUT2D eigenvalue weighted by molar-refractivity contribution is 6.00. The first-order chi connectivity index (χ1) is 5.13. The third-order valence-electron chi connectivity index (χ3n) is 1.02. The van der Waals surface area contributed by atoms with E-state index in [0.717, 1.165) is 0 Å². The molecule has 0 saturated heterocycles. The molecule has 0 aromatic carbocycles. The van der Waals surface area contributed by atoms with Crippen LogP contribution in [0.2, 0.25) is 0 Å². The molecule has 0 unspecified atom stereocenters. The molecule has 0 aromatic rings. The van der Waals surface area contributed by atoms with Gasteiger partial charge in [0.2, 0.25) is 0 Å². The zero-order valence-electron chi connectivity index (χ0n) is 6.09. The molecular formula is C7H7N3O. The van der Waals surface area contributed by atoms with Crippen molar-refractivity contribution in [3.8, 4) is 12.1 Å². The summed E-state index contributed by atoms with van der Waals surface area (Å²) in [5.41, 5.74) is 5.25. The van der Waals surface area contributed by atoms with Crippen LogP contribution < -0.4 is 5.73 Å². The Morgan fingerprint density at radius 3 is 2.36 bits per heavy atom. The Bertz CT molecular complexity index is 273. The Morgan fingerprint density at radius 2 is 2.09 bits per heavy atom. The van der Waals surface area contributed by atoms with Crippen LogP contribution in [-0.4, -0.2) is 5.78 Å². The van der Waals surface area contributed by atoms with Gasteiger partial charge in [-0.25, -0.2) is 0 Å². The average Bonchev–Trinajstić information content (AvgIpc) is 1.88. The van der Waals surface area contributed by atoms with Crippen LogP contribution in [0.4, 0.5) is 0 Å². The lowest BCUT2D eigenvalue weighted by Gasteiger charge is -1.93. The summed E-state index contributed by atoms with van der Waals surface area (Å²) in [7, 11) is 0. The number of nitrogens with two attached hydrogens (primary N) is 1. The standard InChI is InChI=1S/C7H7N3O/c1-5(10)6(4-9)7(11)2-3-8/h2,10H2,1H3. The molecular weight excluding hydrogens is 142 g/mol. The predicted octanol–water partition coefficient (Wildman–Crippen LogP) is 0.225. The Hall–Kier alpha value is -1.81. The number of carbonyl (C=O) groups is 1. The second-order valence-electron chi connectivity index (χ2n) is 1.93. The van der Waals surface area contributed by atoms with E-state index >= 15 is 0 Å². The monoisotopic (exact) mass is 149 g/mol. The number of Topliss-reactive ketones (excluding diaryl/α,β-unsaturated/α-hetero) is 1. The molecule has 0 radical (unpaired) electrons. The molecule has 4 heteroatoms. The maximum Gasteiger partial charge on any atom is 0.189 e. The van der Waals surface area contributed by atoms with Crippen molar-refractivity contribution in [2.75, 3.05) is 0 Å². The van der Waals surface area contributed by atoms with Gasteiger partial charge in [-0.3, -0.25) is 4.79 Å². The van der Waals surface area contributed by atoms with E-state index in [0.29, 0.717) is 0 Å². The van der Waals surface area contributed by atoms with Crippen LogP contribution in [0, 0.1) is 22.7 Å². The van der Waals surface area contributed by atoms with Crippen molar-refractivity contribution >= 4 is 5.78 Å². The summed E-state index contributed by atoms with van der Waals surface area (Å²) in [4.78, 5) is 10.8. The maximum atomic E-state index is 10.8. The highest BCUT2D eigenvalue weighted by atomic mass is 16.1. The van der Waals surface area contributed by atoms with E-state index in [1.807, 2.05) is 0 Å². The van der Waals surface area contributed by atoms with E-state index in [4.69, 9.17) is 16.3 Å². The van der Waals surface area contributed by atoms with Crippen molar-refractivity contribution in [2.45, 2.75) is 13.3 Å². The molecule has 0 rings (SSSR count). The zero-order valence-corrected chi connectivity index (χ0v) is 6.09. The summed E-state index contributed by atoms with van der Waals surface area (Å²) in [6.45, 7) is 1.45. The second-order valence-corrected chi connectivity index (χ2v) is 1.93. The first-order valence-electron chi connectivity index (χ1n) is 2.90. The molecule has 0 atom stereocenters. The first kappa shape index (κ1) is 9.19. The Morgan fingerprint density at radius 1 is 1.55 bits per heavy atom. The fraction of sp³-hybridized carbons (Fsp3) is 0.286. The smallest absolute Gasteiger partial charge is 0.189 e. The number of nitrogens with zero attached hydrogens (tertiary/aromatic N) is 2. The van der Waals surface area contributed by atoms with Gasteiger partial charge in [0.15, 0.2) is 5.78 Å². The number of nitriles is 2. The summed E-state index contributed by atoms with van der Waals surface area (Å²) in [6, 6.07) is 3.29. The minimum atomic E-state index is -0.519. The number of hydrogen-bond acceptors (Lipinski definition) is 4. The third-order valence-corrected chi connectivity index (χ3v) is 1.02. The van der Waals surface area contributed by atoms with Crippen LogP contribution in [0.3, 0.4) is 0 Å². The molecule has 2 N–H and O–H groups in total. The van der Waals surface area contributed by atoms with Crippen molar-refractivity contribution in [1.29, 1.82) is 10.5 Å². The highest BCUT2D eigenvalue weighted by Gasteiger charge is 2.09. The molecule has 0 saturated carbocycles. The van der Waals surface area contributed by atoms with Gasteiger partial charge in [0.25, 0.3) is 0 Å². The maximum absolute atomic E-state index is 10.8. The number of ketones is 1. The minimum Gasteiger partial charge on any atom is -0.401 e. The van der Waals surface area contributed by atoms with Crippen molar-refractivity contribution in [3.05, 3.63) is 11.3 Å². The van der Waals surface area contributed by atoms with Crippen LogP contribution in [-0.2, 0) is 4.79 Å². The number of hydrogen-bond donors (Lipinski definition) is 1. The molecule has 0 aliphatic carbocycles. The predicted molar refractivity (Wildman–Crippen MR) is 37.7 cm³/mol. The van der Waals surface area contributed by atoms with Gasteiger partial charge < -0.3 is 5.73 Å². The topological polar surface area (TPSA) is 90.7 Å². The Kier molecular flexibility index (Phi) is 3.41. The van der Waals surface area contributed by atoms with Crippen LogP contribution in [0.15, 0.2) is 11.3 Å². The molecule has 0 bridgehead atoms. The van der Waals surface area contributed by atoms with Crippen LogP contribution in [0.25, 0.3) is 0 Å². The molecule has 0 aromatic heterocycles. The van der Waals surface area contributed by atoms with E-state index in [9.17, 15) is 4.79 Å². The molecule has 0 fully saturated rings. The molecule has 56 valence electrons. The van der Waals surface area contributed by atoms with Crippen molar-refractivity contribution < 1.29 is 4.79 Å². The van der Waals surface area contributed by atoms with Crippen LogP contribution >= 0.6 is 0 Å². The van der Waals surface area contributed by atoms with E-state index < -0.39 is 5.78 Å². The summed E-state index contributed by atoms with van der Waals surface area (Å²) in [5.74, 6) is -0.519. The molecule has 11 heavy (non-hydrogen) atoms.